The van der Waals surface area contributed by atoms with E-state index in [1.165, 1.54) is 18.2 Å². The zero-order chi connectivity index (χ0) is 17.3. The first-order chi connectivity index (χ1) is 11.5. The van der Waals surface area contributed by atoms with Crippen LogP contribution in [0.2, 0.25) is 0 Å². The van der Waals surface area contributed by atoms with Gasteiger partial charge in [-0.15, -0.1) is 0 Å². The van der Waals surface area contributed by atoms with Gasteiger partial charge < -0.3 is 9.84 Å². The monoisotopic (exact) mass is 386 g/mol. The molecule has 1 aliphatic heterocycles. The number of carbonyl (C=O) groups is 1. The van der Waals surface area contributed by atoms with Crippen molar-refractivity contribution < 1.29 is 14.6 Å². The molecule has 0 aliphatic carbocycles. The van der Waals surface area contributed by atoms with Gasteiger partial charge in [-0.1, -0.05) is 22.0 Å². The van der Waals surface area contributed by atoms with E-state index in [-0.39, 0.29) is 11.7 Å². The van der Waals surface area contributed by atoms with Crippen LogP contribution < -0.4 is 9.75 Å². The van der Waals surface area contributed by atoms with Gasteiger partial charge in [0.1, 0.15) is 0 Å². The van der Waals surface area contributed by atoms with Crippen LogP contribution in [-0.4, -0.2) is 23.8 Å². The van der Waals surface area contributed by atoms with Crippen molar-refractivity contribution in [2.75, 3.05) is 12.1 Å². The van der Waals surface area contributed by atoms with Crippen LogP contribution in [0.15, 0.2) is 57.6 Å². The smallest absolute Gasteiger partial charge is 0.280 e. The van der Waals surface area contributed by atoms with Crippen molar-refractivity contribution >= 4 is 39.3 Å². The summed E-state index contributed by atoms with van der Waals surface area (Å²) in [4.78, 5) is 12.7. The summed E-state index contributed by atoms with van der Waals surface area (Å²) in [6, 6.07) is 12.3. The number of phenolic OH excluding ortho intramolecular Hbond substituents is 1. The van der Waals surface area contributed by atoms with E-state index in [0.717, 1.165) is 10.0 Å². The van der Waals surface area contributed by atoms with Gasteiger partial charge in [0.25, 0.3) is 5.91 Å². The van der Waals surface area contributed by atoms with Crippen molar-refractivity contribution in [1.82, 2.24) is 0 Å². The second-order valence-electron chi connectivity index (χ2n) is 5.27. The van der Waals surface area contributed by atoms with E-state index < -0.39 is 0 Å². The Kier molecular flexibility index (Phi) is 4.40. The van der Waals surface area contributed by atoms with E-state index in [0.29, 0.717) is 22.7 Å². The van der Waals surface area contributed by atoms with Gasteiger partial charge in [0.05, 0.1) is 24.1 Å². The molecule has 2 aromatic rings. The highest BCUT2D eigenvalue weighted by atomic mass is 79.9. The van der Waals surface area contributed by atoms with Gasteiger partial charge >= 0.3 is 0 Å². The number of halogens is 1. The zero-order valence-electron chi connectivity index (χ0n) is 13.2. The Hall–Kier alpha value is -2.60. The average molecular weight is 387 g/mol. The molecular weight excluding hydrogens is 372 g/mol. The van der Waals surface area contributed by atoms with E-state index in [4.69, 9.17) is 4.74 Å². The lowest BCUT2D eigenvalue weighted by Crippen LogP contribution is -2.21. The summed E-state index contributed by atoms with van der Waals surface area (Å²) in [5.41, 5.74) is 2.59. The van der Waals surface area contributed by atoms with E-state index in [2.05, 4.69) is 21.0 Å². The fourth-order valence-corrected chi connectivity index (χ4v) is 2.66. The first-order valence-electron chi connectivity index (χ1n) is 7.24. The minimum Gasteiger partial charge on any atom is -0.504 e. The summed E-state index contributed by atoms with van der Waals surface area (Å²) in [5.74, 6) is 0.218. The number of carbonyl (C=O) groups excluding carboxylic acids is 1. The number of methoxy groups -OCH3 is 1. The van der Waals surface area contributed by atoms with Crippen LogP contribution in [0.3, 0.4) is 0 Å². The number of hydrazone groups is 1. The molecule has 0 radical (unpaired) electrons. The molecule has 0 unspecified atom stereocenters. The standard InChI is InChI=1S/C18H15BrN2O3/c1-11-15(9-12-3-8-16(22)17(10-12)24-2)18(23)21(20-11)14-6-4-13(19)5-7-14/h3-10,22H,1-2H3/b15-9+. The predicted molar refractivity (Wildman–Crippen MR) is 97.4 cm³/mol. The fourth-order valence-electron chi connectivity index (χ4n) is 2.39. The summed E-state index contributed by atoms with van der Waals surface area (Å²) in [7, 11) is 1.48. The lowest BCUT2D eigenvalue weighted by atomic mass is 10.1. The number of benzene rings is 2. The molecule has 0 bridgehead atoms. The molecule has 1 amide bonds. The molecule has 24 heavy (non-hydrogen) atoms. The molecule has 6 heteroatoms. The second kappa shape index (κ2) is 6.49. The molecular formula is C18H15BrN2O3. The summed E-state index contributed by atoms with van der Waals surface area (Å²) in [6.45, 7) is 1.79. The number of nitrogens with zero attached hydrogens (tertiary/aromatic N) is 2. The van der Waals surface area contributed by atoms with E-state index in [1.807, 2.05) is 24.3 Å². The number of ether oxygens (including phenoxy) is 1. The van der Waals surface area contributed by atoms with Gasteiger partial charge in [-0.2, -0.15) is 10.1 Å². The van der Waals surface area contributed by atoms with Crippen LogP contribution >= 0.6 is 15.9 Å². The Morgan fingerprint density at radius 1 is 1.21 bits per heavy atom. The molecule has 5 nitrogen and oxygen atoms in total. The Bertz CT molecular complexity index is 857. The lowest BCUT2D eigenvalue weighted by Gasteiger charge is -2.11. The highest BCUT2D eigenvalue weighted by molar-refractivity contribution is 9.10. The first kappa shape index (κ1) is 16.3. The number of phenols is 1. The second-order valence-corrected chi connectivity index (χ2v) is 6.18. The molecule has 0 aromatic heterocycles. The fraction of sp³-hybridized carbons (Fsp3) is 0.111. The molecule has 2 aromatic carbocycles. The van der Waals surface area contributed by atoms with Crippen LogP contribution in [0.25, 0.3) is 6.08 Å². The highest BCUT2D eigenvalue weighted by Crippen LogP contribution is 2.29. The molecule has 0 fully saturated rings. The Morgan fingerprint density at radius 3 is 2.58 bits per heavy atom. The molecule has 122 valence electrons. The van der Waals surface area contributed by atoms with Crippen molar-refractivity contribution in [3.05, 3.63) is 58.1 Å². The molecule has 1 aliphatic rings. The van der Waals surface area contributed by atoms with Crippen LogP contribution in [0.4, 0.5) is 5.69 Å². The quantitative estimate of drug-likeness (QED) is 0.811. The molecule has 0 atom stereocenters. The van der Waals surface area contributed by atoms with Crippen LogP contribution in [-0.2, 0) is 4.79 Å². The third-order valence-electron chi connectivity index (χ3n) is 3.65. The molecule has 3 rings (SSSR count). The molecule has 1 N–H and O–H groups in total. The van der Waals surface area contributed by atoms with Crippen molar-refractivity contribution in [3.63, 3.8) is 0 Å². The van der Waals surface area contributed by atoms with Gasteiger partial charge in [0.2, 0.25) is 0 Å². The number of anilines is 1. The normalized spacial score (nSPS) is 15.8. The summed E-state index contributed by atoms with van der Waals surface area (Å²) < 4.78 is 6.03. The molecule has 0 saturated carbocycles. The maximum Gasteiger partial charge on any atom is 0.280 e. The maximum absolute atomic E-state index is 12.7. The van der Waals surface area contributed by atoms with Gasteiger partial charge in [0, 0.05) is 4.47 Å². The van der Waals surface area contributed by atoms with Crippen LogP contribution in [0, 0.1) is 0 Å². The van der Waals surface area contributed by atoms with E-state index in [9.17, 15) is 9.90 Å². The van der Waals surface area contributed by atoms with Crippen molar-refractivity contribution in [3.8, 4) is 11.5 Å². The predicted octanol–water partition coefficient (Wildman–Crippen LogP) is 3.97. The summed E-state index contributed by atoms with van der Waals surface area (Å²) in [5, 5.41) is 15.4. The minimum absolute atomic E-state index is 0.0549. The topological polar surface area (TPSA) is 62.1 Å². The van der Waals surface area contributed by atoms with Crippen molar-refractivity contribution in [2.45, 2.75) is 6.92 Å². The largest absolute Gasteiger partial charge is 0.504 e. The average Bonchev–Trinajstić information content (AvgIpc) is 2.85. The Labute approximate surface area is 148 Å². The number of hydrogen-bond acceptors (Lipinski definition) is 4. The number of rotatable bonds is 3. The highest BCUT2D eigenvalue weighted by Gasteiger charge is 2.28. The van der Waals surface area contributed by atoms with Crippen molar-refractivity contribution in [2.24, 2.45) is 5.10 Å². The number of amides is 1. The van der Waals surface area contributed by atoms with Crippen LogP contribution in [0.1, 0.15) is 12.5 Å². The van der Waals surface area contributed by atoms with Gasteiger partial charge in [0.15, 0.2) is 11.5 Å². The van der Waals surface area contributed by atoms with E-state index >= 15 is 0 Å². The Morgan fingerprint density at radius 2 is 1.92 bits per heavy atom. The molecule has 0 saturated heterocycles. The van der Waals surface area contributed by atoms with Gasteiger partial charge in [-0.05, 0) is 55.0 Å². The third kappa shape index (κ3) is 3.05. The Balaban J connectivity index is 1.94. The maximum atomic E-state index is 12.7. The third-order valence-corrected chi connectivity index (χ3v) is 4.18. The minimum atomic E-state index is -0.193. The first-order valence-corrected chi connectivity index (χ1v) is 8.03. The number of aromatic hydroxyl groups is 1. The lowest BCUT2D eigenvalue weighted by molar-refractivity contribution is -0.114. The van der Waals surface area contributed by atoms with Gasteiger partial charge in [-0.25, -0.2) is 0 Å². The van der Waals surface area contributed by atoms with Crippen molar-refractivity contribution in [1.29, 1.82) is 0 Å². The van der Waals surface area contributed by atoms with Gasteiger partial charge in [-0.3, -0.25) is 4.79 Å². The summed E-state index contributed by atoms with van der Waals surface area (Å²) >= 11 is 3.37. The number of hydrogen-bond donors (Lipinski definition) is 1. The van der Waals surface area contributed by atoms with Crippen LogP contribution in [0.5, 0.6) is 11.5 Å². The molecule has 1 heterocycles. The SMILES string of the molecule is COc1cc(/C=C2/C(=O)N(c3ccc(Br)cc3)N=C2C)ccc1O. The van der Waals surface area contributed by atoms with E-state index in [1.54, 1.807) is 25.1 Å². The molecule has 0 spiro atoms. The summed E-state index contributed by atoms with van der Waals surface area (Å²) in [6.07, 6.45) is 1.74. The zero-order valence-corrected chi connectivity index (χ0v) is 14.7.